The van der Waals surface area contributed by atoms with Crippen molar-refractivity contribution < 1.29 is 9.59 Å². The van der Waals surface area contributed by atoms with Crippen LogP contribution in [0.2, 0.25) is 0 Å². The molecule has 5 aliphatic carbocycles. The third-order valence-electron chi connectivity index (χ3n) is 7.86. The first-order valence-electron chi connectivity index (χ1n) is 11.3. The molecular weight excluding hydrogens is 348 g/mol. The number of carbonyl (C=O) groups excluding carboxylic acids is 2. The summed E-state index contributed by atoms with van der Waals surface area (Å²) >= 11 is 0. The number of carbonyl (C=O) groups is 2. The fourth-order valence-corrected chi connectivity index (χ4v) is 7.04. The van der Waals surface area contributed by atoms with Gasteiger partial charge in [-0.25, -0.2) is 0 Å². The van der Waals surface area contributed by atoms with Crippen LogP contribution in [0.15, 0.2) is 24.3 Å². The van der Waals surface area contributed by atoms with Crippen molar-refractivity contribution in [1.82, 2.24) is 10.6 Å². The van der Waals surface area contributed by atoms with Crippen molar-refractivity contribution in [3.63, 3.8) is 0 Å². The molecule has 0 unspecified atom stereocenters. The summed E-state index contributed by atoms with van der Waals surface area (Å²) in [5.74, 6) is 2.58. The maximum atomic E-state index is 13.0. The van der Waals surface area contributed by atoms with Crippen LogP contribution in [0, 0.1) is 23.2 Å². The van der Waals surface area contributed by atoms with Crippen molar-refractivity contribution in [3.05, 3.63) is 35.4 Å². The molecule has 28 heavy (non-hydrogen) atoms. The first kappa shape index (κ1) is 18.2. The summed E-state index contributed by atoms with van der Waals surface area (Å²) in [4.78, 5) is 25.5. The Balaban J connectivity index is 1.13. The number of aryl methyl sites for hydroxylation is 1. The van der Waals surface area contributed by atoms with Gasteiger partial charge in [0, 0.05) is 18.4 Å². The summed E-state index contributed by atoms with van der Waals surface area (Å²) in [5, 5.41) is 6.32. The predicted octanol–water partition coefficient (Wildman–Crippen LogP) is 3.90. The third-order valence-corrected chi connectivity index (χ3v) is 7.86. The van der Waals surface area contributed by atoms with Crippen molar-refractivity contribution in [2.24, 2.45) is 23.2 Å². The van der Waals surface area contributed by atoms with Crippen molar-refractivity contribution in [1.29, 1.82) is 0 Å². The Morgan fingerprint density at radius 1 is 1.00 bits per heavy atom. The summed E-state index contributed by atoms with van der Waals surface area (Å²) < 4.78 is 0. The van der Waals surface area contributed by atoms with E-state index >= 15 is 0 Å². The quantitative estimate of drug-likeness (QED) is 0.814. The lowest BCUT2D eigenvalue weighted by Crippen LogP contribution is -2.53. The lowest BCUT2D eigenvalue weighted by atomic mass is 9.49. The van der Waals surface area contributed by atoms with E-state index in [0.29, 0.717) is 13.0 Å². The minimum absolute atomic E-state index is 0.0486. The average molecular weight is 381 g/mol. The molecule has 1 atom stereocenters. The van der Waals surface area contributed by atoms with Gasteiger partial charge in [-0.15, -0.1) is 0 Å². The van der Waals surface area contributed by atoms with E-state index in [1.807, 2.05) is 0 Å². The Kier molecular flexibility index (Phi) is 4.68. The largest absolute Gasteiger partial charge is 0.355 e. The molecule has 0 aliphatic heterocycles. The number of amides is 2. The summed E-state index contributed by atoms with van der Waals surface area (Å²) in [7, 11) is 0. The molecule has 6 rings (SSSR count). The monoisotopic (exact) mass is 380 g/mol. The van der Waals surface area contributed by atoms with Crippen LogP contribution in [0.3, 0.4) is 0 Å². The first-order chi connectivity index (χ1) is 13.6. The Morgan fingerprint density at radius 2 is 1.68 bits per heavy atom. The Labute approximate surface area is 167 Å². The average Bonchev–Trinajstić information content (AvgIpc) is 2.67. The molecule has 0 radical (unpaired) electrons. The molecular formula is C24H32N2O2. The lowest BCUT2D eigenvalue weighted by molar-refractivity contribution is -0.146. The van der Waals surface area contributed by atoms with Crippen LogP contribution >= 0.6 is 0 Å². The van der Waals surface area contributed by atoms with Gasteiger partial charge in [0.1, 0.15) is 0 Å². The van der Waals surface area contributed by atoms with Crippen LogP contribution in [-0.2, 0) is 16.0 Å². The normalized spacial score (nSPS) is 35.3. The number of benzene rings is 1. The fraction of sp³-hybridized carbons (Fsp3) is 0.667. The van der Waals surface area contributed by atoms with Crippen LogP contribution in [0.1, 0.15) is 75.0 Å². The van der Waals surface area contributed by atoms with Crippen molar-refractivity contribution >= 4 is 11.8 Å². The molecule has 4 fully saturated rings. The zero-order valence-corrected chi connectivity index (χ0v) is 16.7. The molecule has 5 aliphatic rings. The zero-order valence-electron chi connectivity index (χ0n) is 16.7. The maximum Gasteiger partial charge on any atom is 0.226 e. The number of hydrogen-bond acceptors (Lipinski definition) is 2. The summed E-state index contributed by atoms with van der Waals surface area (Å²) in [5.41, 5.74) is 2.50. The SMILES string of the molecule is O=C(CCNC(=O)C12CC3CC(CC(C3)C1)C2)N[C@@H]1CCCc2ccccc21. The van der Waals surface area contributed by atoms with E-state index < -0.39 is 0 Å². The Bertz CT molecular complexity index is 736. The van der Waals surface area contributed by atoms with Gasteiger partial charge in [0.05, 0.1) is 6.04 Å². The smallest absolute Gasteiger partial charge is 0.226 e. The van der Waals surface area contributed by atoms with Gasteiger partial charge < -0.3 is 10.6 Å². The molecule has 2 N–H and O–H groups in total. The van der Waals surface area contributed by atoms with Crippen molar-refractivity contribution in [2.75, 3.05) is 6.54 Å². The Hall–Kier alpha value is -1.84. The number of hydrogen-bond donors (Lipinski definition) is 2. The molecule has 1 aromatic carbocycles. The summed E-state index contributed by atoms with van der Waals surface area (Å²) in [6, 6.07) is 8.54. The highest BCUT2D eigenvalue weighted by Crippen LogP contribution is 2.60. The highest BCUT2D eigenvalue weighted by molar-refractivity contribution is 5.84. The number of nitrogens with one attached hydrogen (secondary N) is 2. The predicted molar refractivity (Wildman–Crippen MR) is 108 cm³/mol. The fourth-order valence-electron chi connectivity index (χ4n) is 7.04. The molecule has 4 bridgehead atoms. The highest BCUT2D eigenvalue weighted by Gasteiger charge is 2.54. The first-order valence-corrected chi connectivity index (χ1v) is 11.3. The van der Waals surface area contributed by atoms with E-state index in [1.165, 1.54) is 30.4 Å². The van der Waals surface area contributed by atoms with Gasteiger partial charge in [0.2, 0.25) is 11.8 Å². The van der Waals surface area contributed by atoms with Gasteiger partial charge in [0.15, 0.2) is 0 Å². The minimum Gasteiger partial charge on any atom is -0.355 e. The minimum atomic E-state index is -0.118. The molecule has 0 spiro atoms. The number of rotatable bonds is 5. The van der Waals surface area contributed by atoms with Gasteiger partial charge in [-0.3, -0.25) is 9.59 Å². The van der Waals surface area contributed by atoms with Crippen molar-refractivity contribution in [3.8, 4) is 0 Å². The van der Waals surface area contributed by atoms with E-state index in [0.717, 1.165) is 56.3 Å². The van der Waals surface area contributed by atoms with Crippen molar-refractivity contribution in [2.45, 2.75) is 70.3 Å². The molecule has 1 aromatic rings. The highest BCUT2D eigenvalue weighted by atomic mass is 16.2. The van der Waals surface area contributed by atoms with E-state index in [2.05, 4.69) is 34.9 Å². The second-order valence-electron chi connectivity index (χ2n) is 9.91. The van der Waals surface area contributed by atoms with Gasteiger partial charge in [0.25, 0.3) is 0 Å². The third kappa shape index (κ3) is 3.35. The standard InChI is InChI=1S/C24H32N2O2/c27-22(26-21-7-3-5-19-4-1-2-6-20(19)21)8-9-25-23(28)24-13-16-10-17(14-24)12-18(11-16)15-24/h1-2,4,6,16-18,21H,3,5,7-15H2,(H,25,28)(H,26,27)/t16?,17?,18?,21-,24?/m1/s1. The van der Waals surface area contributed by atoms with Gasteiger partial charge in [-0.1, -0.05) is 24.3 Å². The van der Waals surface area contributed by atoms with Crippen LogP contribution < -0.4 is 10.6 Å². The molecule has 4 heteroatoms. The molecule has 2 amide bonds. The molecule has 4 nitrogen and oxygen atoms in total. The van der Waals surface area contributed by atoms with Gasteiger partial charge in [-0.05, 0) is 86.7 Å². The van der Waals surface area contributed by atoms with Crippen LogP contribution in [-0.4, -0.2) is 18.4 Å². The van der Waals surface area contributed by atoms with E-state index in [9.17, 15) is 9.59 Å². The zero-order chi connectivity index (χ0) is 19.1. The van der Waals surface area contributed by atoms with E-state index in [4.69, 9.17) is 0 Å². The Morgan fingerprint density at radius 3 is 2.39 bits per heavy atom. The maximum absolute atomic E-state index is 13.0. The molecule has 0 heterocycles. The molecule has 0 aromatic heterocycles. The van der Waals surface area contributed by atoms with Gasteiger partial charge >= 0.3 is 0 Å². The van der Waals surface area contributed by atoms with Gasteiger partial charge in [-0.2, -0.15) is 0 Å². The van der Waals surface area contributed by atoms with Crippen LogP contribution in [0.5, 0.6) is 0 Å². The molecule has 150 valence electrons. The van der Waals surface area contributed by atoms with Crippen LogP contribution in [0.25, 0.3) is 0 Å². The summed E-state index contributed by atoms with van der Waals surface area (Å²) in [6.45, 7) is 0.459. The van der Waals surface area contributed by atoms with Crippen LogP contribution in [0.4, 0.5) is 0 Å². The second kappa shape index (κ2) is 7.20. The second-order valence-corrected chi connectivity index (χ2v) is 9.91. The lowest BCUT2D eigenvalue weighted by Gasteiger charge is -2.55. The molecule has 0 saturated heterocycles. The number of fused-ring (bicyclic) bond motifs is 1. The molecule has 4 saturated carbocycles. The topological polar surface area (TPSA) is 58.2 Å². The van der Waals surface area contributed by atoms with E-state index in [-0.39, 0.29) is 23.3 Å². The summed E-state index contributed by atoms with van der Waals surface area (Å²) in [6.07, 6.45) is 10.9. The van der Waals surface area contributed by atoms with E-state index in [1.54, 1.807) is 0 Å².